The van der Waals surface area contributed by atoms with E-state index in [9.17, 15) is 18.0 Å². The summed E-state index contributed by atoms with van der Waals surface area (Å²) in [5, 5.41) is 2.73. The van der Waals surface area contributed by atoms with Gasteiger partial charge in [-0.2, -0.15) is 13.2 Å². The minimum absolute atomic E-state index is 0.00622. The number of rotatable bonds is 4. The van der Waals surface area contributed by atoms with Crippen LogP contribution < -0.4 is 5.32 Å². The Bertz CT molecular complexity index is 818. The Morgan fingerprint density at radius 3 is 2.77 bits per heavy atom. The number of ether oxygens (including phenoxy) is 1. The quantitative estimate of drug-likeness (QED) is 0.829. The minimum atomic E-state index is -4.81. The van der Waals surface area contributed by atoms with Crippen LogP contribution in [0.5, 0.6) is 0 Å². The number of halogens is 5. The molecule has 1 aliphatic heterocycles. The smallest absolute Gasteiger partial charge is 0.376 e. The van der Waals surface area contributed by atoms with Gasteiger partial charge in [0.15, 0.2) is 11.4 Å². The molecular weight excluding hydrogens is 394 g/mol. The van der Waals surface area contributed by atoms with Crippen LogP contribution in [0.25, 0.3) is 5.69 Å². The monoisotopic (exact) mass is 407 g/mol. The average molecular weight is 408 g/mol. The molecule has 1 aromatic carbocycles. The van der Waals surface area contributed by atoms with Gasteiger partial charge in [0.05, 0.1) is 16.8 Å². The molecule has 1 aromatic heterocycles. The van der Waals surface area contributed by atoms with Crippen molar-refractivity contribution in [2.75, 3.05) is 13.2 Å². The van der Waals surface area contributed by atoms with Crippen molar-refractivity contribution in [1.29, 1.82) is 0 Å². The molecule has 1 aliphatic rings. The fraction of sp³-hybridized carbons (Fsp3) is 0.375. The lowest BCUT2D eigenvalue weighted by molar-refractivity contribution is -0.142. The number of carbonyl (C=O) groups is 1. The van der Waals surface area contributed by atoms with Gasteiger partial charge in [-0.1, -0.05) is 23.2 Å². The van der Waals surface area contributed by atoms with E-state index in [1.165, 1.54) is 18.2 Å². The zero-order valence-corrected chi connectivity index (χ0v) is 14.8. The van der Waals surface area contributed by atoms with Gasteiger partial charge in [0, 0.05) is 18.2 Å². The summed E-state index contributed by atoms with van der Waals surface area (Å²) >= 11 is 11.8. The van der Waals surface area contributed by atoms with Crippen molar-refractivity contribution in [1.82, 2.24) is 14.9 Å². The lowest BCUT2D eigenvalue weighted by atomic mass is 10.2. The molecule has 1 amide bonds. The maximum Gasteiger partial charge on any atom is 0.434 e. The van der Waals surface area contributed by atoms with Gasteiger partial charge >= 0.3 is 6.18 Å². The van der Waals surface area contributed by atoms with Crippen molar-refractivity contribution in [3.63, 3.8) is 0 Å². The Labute approximate surface area is 157 Å². The molecule has 1 fully saturated rings. The first-order valence-corrected chi connectivity index (χ1v) is 8.52. The Morgan fingerprint density at radius 2 is 2.15 bits per heavy atom. The van der Waals surface area contributed by atoms with Crippen LogP contribution in [0, 0.1) is 0 Å². The van der Waals surface area contributed by atoms with Crippen molar-refractivity contribution in [3.05, 3.63) is 46.0 Å². The van der Waals surface area contributed by atoms with Crippen LogP contribution in [-0.2, 0) is 10.9 Å². The van der Waals surface area contributed by atoms with E-state index in [1.54, 1.807) is 0 Å². The maximum atomic E-state index is 13.6. The van der Waals surface area contributed by atoms with Gasteiger partial charge in [-0.15, -0.1) is 0 Å². The summed E-state index contributed by atoms with van der Waals surface area (Å²) in [5.41, 5.74) is -1.90. The second kappa shape index (κ2) is 7.46. The van der Waals surface area contributed by atoms with E-state index in [1.807, 2.05) is 0 Å². The lowest BCUT2D eigenvalue weighted by Gasteiger charge is -2.15. The number of nitrogens with zero attached hydrogens (tertiary/aromatic N) is 2. The van der Waals surface area contributed by atoms with E-state index < -0.39 is 23.5 Å². The van der Waals surface area contributed by atoms with E-state index in [-0.39, 0.29) is 28.4 Å². The number of imidazole rings is 1. The fourth-order valence-electron chi connectivity index (χ4n) is 2.74. The highest BCUT2D eigenvalue weighted by Gasteiger charge is 2.41. The number of hydrogen-bond acceptors (Lipinski definition) is 3. The number of nitrogens with one attached hydrogen (secondary N) is 1. The van der Waals surface area contributed by atoms with Crippen molar-refractivity contribution in [2.24, 2.45) is 0 Å². The Morgan fingerprint density at radius 1 is 1.38 bits per heavy atom. The standard InChI is InChI=1S/C16H14Cl2F3N3O2/c17-9-3-4-12(11(18)6-9)24-8-23-13(14(24)16(19,20)21)15(25)22-7-10-2-1-5-26-10/h3-4,6,8,10H,1-2,5,7H2,(H,22,25). The summed E-state index contributed by atoms with van der Waals surface area (Å²) in [6, 6.07) is 4.05. The molecule has 0 saturated carbocycles. The Balaban J connectivity index is 1.93. The molecule has 26 heavy (non-hydrogen) atoms. The van der Waals surface area contributed by atoms with Gasteiger partial charge in [0.1, 0.15) is 6.33 Å². The van der Waals surface area contributed by atoms with E-state index >= 15 is 0 Å². The SMILES string of the molecule is O=C(NCC1CCCO1)c1ncn(-c2ccc(Cl)cc2Cl)c1C(F)(F)F. The van der Waals surface area contributed by atoms with Gasteiger partial charge < -0.3 is 10.1 Å². The van der Waals surface area contributed by atoms with E-state index in [4.69, 9.17) is 27.9 Å². The highest BCUT2D eigenvalue weighted by Crippen LogP contribution is 2.35. The zero-order chi connectivity index (χ0) is 18.9. The number of hydrogen-bond donors (Lipinski definition) is 1. The second-order valence-electron chi connectivity index (χ2n) is 5.75. The van der Waals surface area contributed by atoms with Crippen LogP contribution in [0.15, 0.2) is 24.5 Å². The summed E-state index contributed by atoms with van der Waals surface area (Å²) in [6.07, 6.45) is -2.48. The normalized spacial score (nSPS) is 17.5. The molecule has 1 N–H and O–H groups in total. The molecule has 1 unspecified atom stereocenters. The van der Waals surface area contributed by atoms with E-state index in [2.05, 4.69) is 10.3 Å². The first-order chi connectivity index (χ1) is 12.3. The molecule has 140 valence electrons. The first-order valence-electron chi connectivity index (χ1n) is 7.77. The molecule has 0 bridgehead atoms. The van der Waals surface area contributed by atoms with Crippen LogP contribution in [0.2, 0.25) is 10.0 Å². The molecule has 0 radical (unpaired) electrons. The molecule has 10 heteroatoms. The fourth-order valence-corrected chi connectivity index (χ4v) is 3.24. The molecule has 1 atom stereocenters. The predicted molar refractivity (Wildman–Crippen MR) is 89.9 cm³/mol. The Hall–Kier alpha value is -1.77. The molecule has 1 saturated heterocycles. The topological polar surface area (TPSA) is 56.1 Å². The maximum absolute atomic E-state index is 13.6. The van der Waals surface area contributed by atoms with Gasteiger partial charge in [-0.3, -0.25) is 9.36 Å². The first kappa shape index (κ1) is 19.0. The van der Waals surface area contributed by atoms with Crippen LogP contribution in [0.3, 0.4) is 0 Å². The molecular formula is C16H14Cl2F3N3O2. The van der Waals surface area contributed by atoms with Crippen molar-refractivity contribution >= 4 is 29.1 Å². The number of aromatic nitrogens is 2. The average Bonchev–Trinajstić information content (AvgIpc) is 3.21. The summed E-state index contributed by atoms with van der Waals surface area (Å²) in [7, 11) is 0. The number of amides is 1. The summed E-state index contributed by atoms with van der Waals surface area (Å²) < 4.78 is 46.9. The molecule has 2 heterocycles. The van der Waals surface area contributed by atoms with Gasteiger partial charge in [-0.05, 0) is 31.0 Å². The predicted octanol–water partition coefficient (Wildman–Crippen LogP) is 4.11. The van der Waals surface area contributed by atoms with Gasteiger partial charge in [-0.25, -0.2) is 4.98 Å². The van der Waals surface area contributed by atoms with Gasteiger partial charge in [0.2, 0.25) is 0 Å². The van der Waals surface area contributed by atoms with Crippen LogP contribution in [0.1, 0.15) is 29.0 Å². The van der Waals surface area contributed by atoms with Crippen LogP contribution >= 0.6 is 23.2 Å². The Kier molecular flexibility index (Phi) is 5.45. The third-order valence-corrected chi connectivity index (χ3v) is 4.47. The molecule has 3 rings (SSSR count). The van der Waals surface area contributed by atoms with Crippen molar-refractivity contribution < 1.29 is 22.7 Å². The van der Waals surface area contributed by atoms with E-state index in [0.717, 1.165) is 23.7 Å². The highest BCUT2D eigenvalue weighted by molar-refractivity contribution is 6.35. The number of alkyl halides is 3. The van der Waals surface area contributed by atoms with Gasteiger partial charge in [0.25, 0.3) is 5.91 Å². The molecule has 5 nitrogen and oxygen atoms in total. The second-order valence-corrected chi connectivity index (χ2v) is 6.59. The summed E-state index contributed by atoms with van der Waals surface area (Å²) in [4.78, 5) is 15.9. The lowest BCUT2D eigenvalue weighted by Crippen LogP contribution is -2.33. The highest BCUT2D eigenvalue weighted by atomic mass is 35.5. The van der Waals surface area contributed by atoms with Crippen molar-refractivity contribution in [3.8, 4) is 5.69 Å². The number of benzene rings is 1. The largest absolute Gasteiger partial charge is 0.434 e. The molecule has 2 aromatic rings. The zero-order valence-electron chi connectivity index (χ0n) is 13.3. The minimum Gasteiger partial charge on any atom is -0.376 e. The van der Waals surface area contributed by atoms with Crippen LogP contribution in [0.4, 0.5) is 13.2 Å². The van der Waals surface area contributed by atoms with E-state index in [0.29, 0.717) is 6.61 Å². The molecule has 0 spiro atoms. The molecule has 0 aliphatic carbocycles. The van der Waals surface area contributed by atoms with Crippen molar-refractivity contribution in [2.45, 2.75) is 25.1 Å². The summed E-state index contributed by atoms with van der Waals surface area (Å²) in [5.74, 6) is -0.920. The third-order valence-electron chi connectivity index (χ3n) is 3.93. The number of carbonyl (C=O) groups excluding carboxylic acids is 1. The third kappa shape index (κ3) is 3.97. The summed E-state index contributed by atoms with van der Waals surface area (Å²) in [6.45, 7) is 0.711. The van der Waals surface area contributed by atoms with Crippen LogP contribution in [-0.4, -0.2) is 34.7 Å².